The second kappa shape index (κ2) is 10.7. The Bertz CT molecular complexity index is 1540. The molecule has 1 aliphatic heterocycles. The minimum absolute atomic E-state index is 0.0146. The van der Waals surface area contributed by atoms with Crippen LogP contribution in [0.1, 0.15) is 36.1 Å². The standard InChI is InChI=1S/C28H24F7IN2O5/c1-13(2)38-22(39)21-18(36)5-4-10-24(21,23(37)40)17-8-6-15(11-14(17)3)25(41,26(29,30)31)16-7-9-19-20(12-16)43-28(34,35)27(32,33)42-19/h4-13,21,41H,1-3H3,(H2,37,40)(H,38,39). The third-order valence-corrected chi connectivity index (χ3v) is 8.11. The first-order valence-corrected chi connectivity index (χ1v) is 13.6. The van der Waals surface area contributed by atoms with Crippen LogP contribution in [0.15, 0.2) is 58.2 Å². The maximum atomic E-state index is 14.6. The number of ether oxygens (including phenoxy) is 2. The number of allylic oxidation sites excluding steroid dienone is 2. The lowest BCUT2D eigenvalue weighted by Gasteiger charge is -2.39. The van der Waals surface area contributed by atoms with Crippen LogP contribution >= 0.6 is 22.6 Å². The van der Waals surface area contributed by atoms with E-state index < -0.39 is 69.8 Å². The molecule has 1 aliphatic carbocycles. The molecule has 43 heavy (non-hydrogen) atoms. The highest BCUT2D eigenvalue weighted by Crippen LogP contribution is 2.52. The van der Waals surface area contributed by atoms with E-state index in [1.807, 2.05) is 22.6 Å². The van der Waals surface area contributed by atoms with Crippen molar-refractivity contribution in [3.05, 3.63) is 80.5 Å². The zero-order chi connectivity index (χ0) is 32.3. The zero-order valence-corrected chi connectivity index (χ0v) is 24.7. The van der Waals surface area contributed by atoms with E-state index in [1.54, 1.807) is 19.9 Å². The van der Waals surface area contributed by atoms with Gasteiger partial charge in [0.25, 0.3) is 0 Å². The summed E-state index contributed by atoms with van der Waals surface area (Å²) in [5.74, 6) is -4.85. The number of rotatable bonds is 6. The average molecular weight is 728 g/mol. The Kier molecular flexibility index (Phi) is 8.09. The number of amides is 2. The largest absolute Gasteiger partial charge is 0.507 e. The predicted molar refractivity (Wildman–Crippen MR) is 147 cm³/mol. The van der Waals surface area contributed by atoms with Crippen molar-refractivity contribution in [3.8, 4) is 11.5 Å². The van der Waals surface area contributed by atoms with E-state index in [1.165, 1.54) is 19.1 Å². The van der Waals surface area contributed by atoms with E-state index in [-0.39, 0.29) is 17.2 Å². The van der Waals surface area contributed by atoms with Crippen molar-refractivity contribution >= 4 is 34.4 Å². The third kappa shape index (κ3) is 5.23. The number of carbonyl (C=O) groups is 2. The number of benzene rings is 2. The minimum atomic E-state index is -5.49. The highest BCUT2D eigenvalue weighted by Gasteiger charge is 2.66. The van der Waals surface area contributed by atoms with Gasteiger partial charge in [0.2, 0.25) is 17.4 Å². The first-order valence-electron chi connectivity index (χ1n) is 12.5. The fourth-order valence-electron chi connectivity index (χ4n) is 5.14. The molecule has 0 saturated heterocycles. The van der Waals surface area contributed by atoms with Crippen molar-refractivity contribution in [3.63, 3.8) is 0 Å². The molecule has 232 valence electrons. The summed E-state index contributed by atoms with van der Waals surface area (Å²) < 4.78 is 107. The summed E-state index contributed by atoms with van der Waals surface area (Å²) in [6.07, 6.45) is -11.4. The number of primary amides is 1. The molecule has 0 bridgehead atoms. The molecule has 0 radical (unpaired) electrons. The molecule has 15 heteroatoms. The summed E-state index contributed by atoms with van der Waals surface area (Å²) in [4.78, 5) is 26.3. The number of carbonyl (C=O) groups excluding carboxylic acids is 2. The second-order valence-corrected chi connectivity index (χ2v) is 11.6. The highest BCUT2D eigenvalue weighted by molar-refractivity contribution is 14.1. The van der Waals surface area contributed by atoms with Gasteiger partial charge in [0.05, 0.1) is 5.92 Å². The monoisotopic (exact) mass is 728 g/mol. The van der Waals surface area contributed by atoms with E-state index >= 15 is 0 Å². The summed E-state index contributed by atoms with van der Waals surface area (Å²) in [5, 5.41) is 13.9. The van der Waals surface area contributed by atoms with Crippen LogP contribution < -0.4 is 20.5 Å². The highest BCUT2D eigenvalue weighted by atomic mass is 127. The fourth-order valence-corrected chi connectivity index (χ4v) is 6.12. The SMILES string of the molecule is Cc1cc(C(O)(c2ccc3c(c2)OC(F)(F)C(F)(F)O3)C(F)(F)F)ccc1C1(C(N)=O)C=CC=C(I)C1C(=O)NC(C)C. The Labute approximate surface area is 254 Å². The number of fused-ring (bicyclic) bond motifs is 1. The molecule has 3 unspecified atom stereocenters. The van der Waals surface area contributed by atoms with Gasteiger partial charge in [-0.1, -0.05) is 42.5 Å². The van der Waals surface area contributed by atoms with Crippen LogP contribution in [0, 0.1) is 12.8 Å². The maximum Gasteiger partial charge on any atom is 0.507 e. The quantitative estimate of drug-likeness (QED) is 0.269. The van der Waals surface area contributed by atoms with Gasteiger partial charge in [0.15, 0.2) is 11.5 Å². The minimum Gasteiger partial charge on any atom is -0.421 e. The van der Waals surface area contributed by atoms with Crippen molar-refractivity contribution in [2.45, 2.75) is 56.2 Å². The number of hydrogen-bond donors (Lipinski definition) is 3. The number of aryl methyl sites for hydroxylation is 1. The molecular formula is C28H24F7IN2O5. The third-order valence-electron chi connectivity index (χ3n) is 7.12. The summed E-state index contributed by atoms with van der Waals surface area (Å²) in [6, 6.07) is 3.97. The van der Waals surface area contributed by atoms with Crippen LogP contribution in [0.4, 0.5) is 30.7 Å². The van der Waals surface area contributed by atoms with E-state index in [9.17, 15) is 45.4 Å². The number of hydrogen-bond acceptors (Lipinski definition) is 5. The Morgan fingerprint density at radius 2 is 1.56 bits per heavy atom. The Morgan fingerprint density at radius 1 is 1.00 bits per heavy atom. The van der Waals surface area contributed by atoms with Crippen molar-refractivity contribution < 1.29 is 54.9 Å². The van der Waals surface area contributed by atoms with Crippen molar-refractivity contribution in [1.29, 1.82) is 0 Å². The molecule has 2 aromatic carbocycles. The smallest absolute Gasteiger partial charge is 0.421 e. The van der Waals surface area contributed by atoms with Crippen LogP contribution in [0.3, 0.4) is 0 Å². The molecule has 2 aliphatic rings. The van der Waals surface area contributed by atoms with Gasteiger partial charge in [-0.15, -0.1) is 0 Å². The number of nitrogens with two attached hydrogens (primary N) is 1. The number of alkyl halides is 7. The van der Waals surface area contributed by atoms with Gasteiger partial charge in [0.1, 0.15) is 5.41 Å². The van der Waals surface area contributed by atoms with Gasteiger partial charge in [-0.3, -0.25) is 9.59 Å². The van der Waals surface area contributed by atoms with Crippen molar-refractivity contribution in [1.82, 2.24) is 5.32 Å². The van der Waals surface area contributed by atoms with Gasteiger partial charge < -0.3 is 25.6 Å². The molecule has 2 aromatic rings. The maximum absolute atomic E-state index is 14.6. The van der Waals surface area contributed by atoms with Crippen LogP contribution in [0.2, 0.25) is 0 Å². The van der Waals surface area contributed by atoms with E-state index in [4.69, 9.17) is 5.73 Å². The first-order chi connectivity index (χ1) is 19.7. The molecule has 1 heterocycles. The van der Waals surface area contributed by atoms with Crippen LogP contribution in [-0.4, -0.2) is 41.4 Å². The first kappa shape index (κ1) is 32.6. The van der Waals surface area contributed by atoms with E-state index in [2.05, 4.69) is 14.8 Å². The summed E-state index contributed by atoms with van der Waals surface area (Å²) in [7, 11) is 0. The topological polar surface area (TPSA) is 111 Å². The van der Waals surface area contributed by atoms with Crippen LogP contribution in [-0.2, 0) is 20.6 Å². The average Bonchev–Trinajstić information content (AvgIpc) is 2.86. The lowest BCUT2D eigenvalue weighted by molar-refractivity contribution is -0.391. The second-order valence-electron chi connectivity index (χ2n) is 10.4. The van der Waals surface area contributed by atoms with Gasteiger partial charge in [-0.05, 0) is 72.2 Å². The van der Waals surface area contributed by atoms with Crippen molar-refractivity contribution in [2.24, 2.45) is 11.7 Å². The van der Waals surface area contributed by atoms with E-state index in [0.29, 0.717) is 21.8 Å². The Hall–Kier alpha value is -3.34. The molecule has 7 nitrogen and oxygen atoms in total. The van der Waals surface area contributed by atoms with Gasteiger partial charge in [0, 0.05) is 15.2 Å². The number of halogens is 8. The van der Waals surface area contributed by atoms with Gasteiger partial charge in [-0.25, -0.2) is 0 Å². The molecule has 0 aromatic heterocycles. The summed E-state index contributed by atoms with van der Waals surface area (Å²) in [5.41, 5.74) is -1.66. The molecule has 0 saturated carbocycles. The molecule has 0 spiro atoms. The Morgan fingerprint density at radius 3 is 2.09 bits per heavy atom. The molecule has 2 amide bonds. The molecule has 4 rings (SSSR count). The molecule has 4 N–H and O–H groups in total. The molecule has 3 atom stereocenters. The number of aliphatic hydroxyl groups is 1. The van der Waals surface area contributed by atoms with Gasteiger partial charge >= 0.3 is 18.4 Å². The molecular weight excluding hydrogens is 704 g/mol. The predicted octanol–water partition coefficient (Wildman–Crippen LogP) is 5.50. The van der Waals surface area contributed by atoms with Crippen molar-refractivity contribution in [2.75, 3.05) is 0 Å². The number of nitrogens with one attached hydrogen (secondary N) is 1. The zero-order valence-electron chi connectivity index (χ0n) is 22.5. The van der Waals surface area contributed by atoms with Gasteiger partial charge in [-0.2, -0.15) is 30.7 Å². The fraction of sp³-hybridized carbons (Fsp3) is 0.357. The van der Waals surface area contributed by atoms with Crippen LogP contribution in [0.5, 0.6) is 11.5 Å². The Balaban J connectivity index is 1.87. The van der Waals surface area contributed by atoms with Crippen LogP contribution in [0.25, 0.3) is 0 Å². The van der Waals surface area contributed by atoms with E-state index in [0.717, 1.165) is 18.2 Å². The lowest BCUT2D eigenvalue weighted by Crippen LogP contribution is -2.53. The molecule has 0 fully saturated rings. The summed E-state index contributed by atoms with van der Waals surface area (Å²) in [6.45, 7) is 4.73. The lowest BCUT2D eigenvalue weighted by atomic mass is 9.65. The summed E-state index contributed by atoms with van der Waals surface area (Å²) >= 11 is 1.87. The normalized spacial score (nSPS) is 23.7.